The lowest BCUT2D eigenvalue weighted by molar-refractivity contribution is 0.288. The second kappa shape index (κ2) is 6.41. The Morgan fingerprint density at radius 3 is 2.79 bits per heavy atom. The van der Waals surface area contributed by atoms with Crippen molar-refractivity contribution in [3.05, 3.63) is 28.6 Å². The van der Waals surface area contributed by atoms with Crippen LogP contribution in [0, 0.1) is 12.8 Å². The number of hydrogen-bond acceptors (Lipinski definition) is 7. The standard InChI is InChI=1S/C17H16N4OS2/c1-10-6-19-15(22-7-11-3-4-11)5-12(10)16-20-13(8-23-16)14-9-24-17(18-2)21-14/h5-6,8-9,11H,2-4,7H2,1H3. The minimum atomic E-state index is 0.662. The predicted molar refractivity (Wildman–Crippen MR) is 98.6 cm³/mol. The maximum Gasteiger partial charge on any atom is 0.213 e. The SMILES string of the molecule is C=Nc1nc(-c2csc(-c3cc(OCC4CC4)ncc3C)n2)cs1. The van der Waals surface area contributed by atoms with E-state index in [1.165, 1.54) is 24.2 Å². The molecule has 1 fully saturated rings. The van der Waals surface area contributed by atoms with Gasteiger partial charge in [0.25, 0.3) is 0 Å². The molecule has 0 radical (unpaired) electrons. The predicted octanol–water partition coefficient (Wildman–Crippen LogP) is 4.76. The van der Waals surface area contributed by atoms with Gasteiger partial charge in [-0.25, -0.2) is 19.9 Å². The Kier molecular flexibility index (Phi) is 4.12. The summed E-state index contributed by atoms with van der Waals surface area (Å²) in [6.07, 6.45) is 4.38. The number of aryl methyl sites for hydroxylation is 1. The van der Waals surface area contributed by atoms with Gasteiger partial charge in [0.2, 0.25) is 11.0 Å². The summed E-state index contributed by atoms with van der Waals surface area (Å²) in [5.74, 6) is 1.38. The zero-order valence-electron chi connectivity index (χ0n) is 13.2. The molecular formula is C17H16N4OS2. The first-order chi connectivity index (χ1) is 11.7. The number of aliphatic imine (C=N–C) groups is 1. The molecule has 0 saturated heterocycles. The molecule has 24 heavy (non-hydrogen) atoms. The fourth-order valence-electron chi connectivity index (χ4n) is 2.27. The quantitative estimate of drug-likeness (QED) is 0.598. The van der Waals surface area contributed by atoms with Crippen LogP contribution >= 0.6 is 22.7 Å². The molecule has 122 valence electrons. The third kappa shape index (κ3) is 3.22. The van der Waals surface area contributed by atoms with Gasteiger partial charge in [0.05, 0.1) is 6.61 Å². The van der Waals surface area contributed by atoms with Gasteiger partial charge in [0, 0.05) is 28.6 Å². The fourth-order valence-corrected chi connectivity index (χ4v) is 3.78. The zero-order chi connectivity index (χ0) is 16.5. The largest absolute Gasteiger partial charge is 0.477 e. The number of pyridine rings is 1. The maximum absolute atomic E-state index is 5.79. The average Bonchev–Trinajstić information content (AvgIpc) is 3.10. The third-order valence-corrected chi connectivity index (χ3v) is 5.51. The number of hydrogen-bond donors (Lipinski definition) is 0. The van der Waals surface area contributed by atoms with Gasteiger partial charge in [-0.3, -0.25) is 0 Å². The lowest BCUT2D eigenvalue weighted by Gasteiger charge is -2.07. The van der Waals surface area contributed by atoms with Crippen LogP contribution in [0.4, 0.5) is 5.13 Å². The number of nitrogens with zero attached hydrogens (tertiary/aromatic N) is 4. The number of rotatable bonds is 6. The zero-order valence-corrected chi connectivity index (χ0v) is 14.9. The van der Waals surface area contributed by atoms with E-state index in [1.807, 2.05) is 29.9 Å². The topological polar surface area (TPSA) is 60.3 Å². The van der Waals surface area contributed by atoms with E-state index < -0.39 is 0 Å². The Labute approximate surface area is 148 Å². The molecule has 1 aliphatic carbocycles. The van der Waals surface area contributed by atoms with E-state index in [1.54, 1.807) is 11.3 Å². The van der Waals surface area contributed by atoms with Crippen molar-refractivity contribution in [2.24, 2.45) is 10.9 Å². The molecule has 0 atom stereocenters. The molecule has 1 saturated carbocycles. The molecule has 0 unspecified atom stereocenters. The molecule has 0 aliphatic heterocycles. The highest BCUT2D eigenvalue weighted by Crippen LogP contribution is 2.34. The molecule has 7 heteroatoms. The summed E-state index contributed by atoms with van der Waals surface area (Å²) in [5, 5.41) is 5.58. The Bertz CT molecular complexity index is 882. The maximum atomic E-state index is 5.79. The summed E-state index contributed by atoms with van der Waals surface area (Å²) in [7, 11) is 0. The van der Waals surface area contributed by atoms with Gasteiger partial charge < -0.3 is 4.74 Å². The lowest BCUT2D eigenvalue weighted by Crippen LogP contribution is -2.01. The van der Waals surface area contributed by atoms with E-state index in [4.69, 9.17) is 9.72 Å². The molecule has 1 aliphatic rings. The minimum absolute atomic E-state index is 0.662. The molecule has 4 rings (SSSR count). The number of aromatic nitrogens is 3. The van der Waals surface area contributed by atoms with Crippen molar-refractivity contribution >= 4 is 34.5 Å². The second-order valence-electron chi connectivity index (χ2n) is 5.80. The van der Waals surface area contributed by atoms with Crippen LogP contribution < -0.4 is 4.74 Å². The van der Waals surface area contributed by atoms with Crippen LogP contribution in [0.2, 0.25) is 0 Å². The Hall–Kier alpha value is -2.12. The van der Waals surface area contributed by atoms with Gasteiger partial charge in [-0.2, -0.15) is 0 Å². The van der Waals surface area contributed by atoms with Gasteiger partial charge in [-0.1, -0.05) is 0 Å². The summed E-state index contributed by atoms with van der Waals surface area (Å²) in [4.78, 5) is 17.3. The van der Waals surface area contributed by atoms with Crippen molar-refractivity contribution in [2.45, 2.75) is 19.8 Å². The number of thiazole rings is 2. The highest BCUT2D eigenvalue weighted by molar-refractivity contribution is 7.14. The van der Waals surface area contributed by atoms with Crippen LogP contribution in [-0.2, 0) is 0 Å². The van der Waals surface area contributed by atoms with Gasteiger partial charge in [0.15, 0.2) is 0 Å². The van der Waals surface area contributed by atoms with Crippen LogP contribution in [0.1, 0.15) is 18.4 Å². The van der Waals surface area contributed by atoms with Crippen molar-refractivity contribution in [1.82, 2.24) is 15.0 Å². The summed E-state index contributed by atoms with van der Waals surface area (Å²) in [6, 6.07) is 1.98. The first kappa shape index (κ1) is 15.4. The van der Waals surface area contributed by atoms with Crippen molar-refractivity contribution in [3.63, 3.8) is 0 Å². The Morgan fingerprint density at radius 1 is 1.25 bits per heavy atom. The average molecular weight is 356 g/mol. The van der Waals surface area contributed by atoms with Crippen molar-refractivity contribution in [1.29, 1.82) is 0 Å². The fraction of sp³-hybridized carbons (Fsp3) is 0.294. The first-order valence-corrected chi connectivity index (χ1v) is 9.47. The van der Waals surface area contributed by atoms with E-state index in [9.17, 15) is 0 Å². The molecule has 0 N–H and O–H groups in total. The van der Waals surface area contributed by atoms with Crippen molar-refractivity contribution in [2.75, 3.05) is 6.61 Å². The highest BCUT2D eigenvalue weighted by atomic mass is 32.1. The molecule has 0 bridgehead atoms. The van der Waals surface area contributed by atoms with E-state index in [0.717, 1.165) is 34.1 Å². The monoisotopic (exact) mass is 356 g/mol. The summed E-state index contributed by atoms with van der Waals surface area (Å²) in [6.45, 7) is 6.30. The number of ether oxygens (including phenoxy) is 1. The lowest BCUT2D eigenvalue weighted by atomic mass is 10.1. The normalized spacial score (nSPS) is 13.9. The highest BCUT2D eigenvalue weighted by Gasteiger charge is 2.22. The van der Waals surface area contributed by atoms with Crippen molar-refractivity contribution in [3.8, 4) is 27.8 Å². The Balaban J connectivity index is 1.60. The molecule has 0 aromatic carbocycles. The molecule has 3 aromatic heterocycles. The van der Waals surface area contributed by atoms with E-state index in [2.05, 4.69) is 21.7 Å². The molecular weight excluding hydrogens is 340 g/mol. The van der Waals surface area contributed by atoms with Crippen LogP contribution in [-0.4, -0.2) is 28.3 Å². The van der Waals surface area contributed by atoms with E-state index in [0.29, 0.717) is 16.9 Å². The molecule has 0 spiro atoms. The van der Waals surface area contributed by atoms with Gasteiger partial charge in [0.1, 0.15) is 16.4 Å². The van der Waals surface area contributed by atoms with E-state index in [-0.39, 0.29) is 0 Å². The third-order valence-electron chi connectivity index (χ3n) is 3.87. The van der Waals surface area contributed by atoms with Crippen LogP contribution in [0.25, 0.3) is 22.0 Å². The van der Waals surface area contributed by atoms with E-state index >= 15 is 0 Å². The second-order valence-corrected chi connectivity index (χ2v) is 7.50. The van der Waals surface area contributed by atoms with Gasteiger partial charge in [-0.05, 0) is 38.0 Å². The van der Waals surface area contributed by atoms with Crippen LogP contribution in [0.3, 0.4) is 0 Å². The van der Waals surface area contributed by atoms with Crippen LogP contribution in [0.15, 0.2) is 28.0 Å². The molecule has 5 nitrogen and oxygen atoms in total. The van der Waals surface area contributed by atoms with Gasteiger partial charge >= 0.3 is 0 Å². The smallest absolute Gasteiger partial charge is 0.213 e. The Morgan fingerprint density at radius 2 is 2.04 bits per heavy atom. The molecule has 0 amide bonds. The van der Waals surface area contributed by atoms with Crippen LogP contribution in [0.5, 0.6) is 5.88 Å². The molecule has 3 aromatic rings. The van der Waals surface area contributed by atoms with Gasteiger partial charge in [-0.15, -0.1) is 22.7 Å². The van der Waals surface area contributed by atoms with Crippen molar-refractivity contribution < 1.29 is 4.74 Å². The summed E-state index contributed by atoms with van der Waals surface area (Å²) in [5.41, 5.74) is 3.84. The first-order valence-electron chi connectivity index (χ1n) is 7.71. The summed E-state index contributed by atoms with van der Waals surface area (Å²) >= 11 is 3.06. The minimum Gasteiger partial charge on any atom is -0.477 e. The molecule has 3 heterocycles. The summed E-state index contributed by atoms with van der Waals surface area (Å²) < 4.78 is 5.79.